The van der Waals surface area contributed by atoms with Gasteiger partial charge in [0.1, 0.15) is 10.7 Å². The summed E-state index contributed by atoms with van der Waals surface area (Å²) in [5.41, 5.74) is 9.07. The summed E-state index contributed by atoms with van der Waals surface area (Å²) in [6.45, 7) is 2.40. The number of hydrogen-bond donors (Lipinski definition) is 1. The molecule has 2 N–H and O–H groups in total. The molecule has 5 nitrogen and oxygen atoms in total. The fourth-order valence-electron chi connectivity index (χ4n) is 3.48. The fourth-order valence-corrected chi connectivity index (χ4v) is 4.42. The van der Waals surface area contributed by atoms with Gasteiger partial charge in [-0.3, -0.25) is 14.2 Å². The molecule has 0 aliphatic carbocycles. The first-order valence-corrected chi connectivity index (χ1v) is 10.4. The van der Waals surface area contributed by atoms with Crippen molar-refractivity contribution in [2.45, 2.75) is 26.3 Å². The molecule has 4 aromatic rings. The quantitative estimate of drug-likeness (QED) is 0.519. The van der Waals surface area contributed by atoms with Gasteiger partial charge in [0.2, 0.25) is 5.91 Å². The SMILES string of the molecule is Cc1cccc(-c2nc3scc(-c4ccccc4)c3c(=O)n2CCCC(N)=O)c1. The highest BCUT2D eigenvalue weighted by molar-refractivity contribution is 7.17. The highest BCUT2D eigenvalue weighted by Gasteiger charge is 2.18. The molecule has 1 amide bonds. The van der Waals surface area contributed by atoms with Crippen molar-refractivity contribution >= 4 is 27.5 Å². The number of nitrogens with two attached hydrogens (primary N) is 1. The van der Waals surface area contributed by atoms with Gasteiger partial charge in [0.25, 0.3) is 5.56 Å². The summed E-state index contributed by atoms with van der Waals surface area (Å²) in [5.74, 6) is 0.252. The van der Waals surface area contributed by atoms with Crippen LogP contribution in [0.1, 0.15) is 18.4 Å². The molecule has 4 rings (SSSR count). The molecule has 0 unspecified atom stereocenters. The van der Waals surface area contributed by atoms with E-state index in [0.717, 1.165) is 27.1 Å². The smallest absolute Gasteiger partial charge is 0.263 e. The molecule has 0 atom stereocenters. The molecule has 0 fully saturated rings. The fraction of sp³-hybridized carbons (Fsp3) is 0.174. The molecular weight excluding hydrogens is 382 g/mol. The molecule has 0 spiro atoms. The number of carbonyl (C=O) groups is 1. The number of fused-ring (bicyclic) bond motifs is 1. The van der Waals surface area contributed by atoms with E-state index in [2.05, 4.69) is 0 Å². The Morgan fingerprint density at radius 1 is 1.10 bits per heavy atom. The number of rotatable bonds is 6. The topological polar surface area (TPSA) is 78.0 Å². The monoisotopic (exact) mass is 403 g/mol. The molecule has 0 bridgehead atoms. The van der Waals surface area contributed by atoms with Crippen molar-refractivity contribution in [3.63, 3.8) is 0 Å². The van der Waals surface area contributed by atoms with E-state index in [-0.39, 0.29) is 17.9 Å². The summed E-state index contributed by atoms with van der Waals surface area (Å²) >= 11 is 1.47. The summed E-state index contributed by atoms with van der Waals surface area (Å²) in [4.78, 5) is 30.3. The second-order valence-electron chi connectivity index (χ2n) is 7.03. The number of nitrogens with zero attached hydrogens (tertiary/aromatic N) is 2. The maximum atomic E-state index is 13.6. The number of hydrogen-bond acceptors (Lipinski definition) is 4. The van der Waals surface area contributed by atoms with Gasteiger partial charge in [-0.15, -0.1) is 11.3 Å². The van der Waals surface area contributed by atoms with Gasteiger partial charge >= 0.3 is 0 Å². The molecule has 0 radical (unpaired) electrons. The molecule has 6 heteroatoms. The van der Waals surface area contributed by atoms with Crippen molar-refractivity contribution < 1.29 is 4.79 Å². The Balaban J connectivity index is 1.92. The third-order valence-electron chi connectivity index (χ3n) is 4.86. The number of aryl methyl sites for hydroxylation is 1. The van der Waals surface area contributed by atoms with Crippen LogP contribution in [0.25, 0.3) is 32.7 Å². The van der Waals surface area contributed by atoms with E-state index in [1.165, 1.54) is 11.3 Å². The normalized spacial score (nSPS) is 11.1. The predicted molar refractivity (Wildman–Crippen MR) is 118 cm³/mol. The van der Waals surface area contributed by atoms with E-state index in [4.69, 9.17) is 10.7 Å². The first-order valence-electron chi connectivity index (χ1n) is 9.47. The number of primary amides is 1. The van der Waals surface area contributed by atoms with Crippen LogP contribution in [0, 0.1) is 6.92 Å². The summed E-state index contributed by atoms with van der Waals surface area (Å²) in [6.07, 6.45) is 0.721. The molecule has 2 heterocycles. The van der Waals surface area contributed by atoms with Crippen LogP contribution in [0.2, 0.25) is 0 Å². The van der Waals surface area contributed by atoms with Gasteiger partial charge in [-0.25, -0.2) is 4.98 Å². The van der Waals surface area contributed by atoms with Crippen LogP contribution in [0.4, 0.5) is 0 Å². The highest BCUT2D eigenvalue weighted by atomic mass is 32.1. The molecule has 0 saturated heterocycles. The third-order valence-corrected chi connectivity index (χ3v) is 5.73. The number of carbonyl (C=O) groups excluding carboxylic acids is 1. The number of aromatic nitrogens is 2. The number of benzene rings is 2. The van der Waals surface area contributed by atoms with Gasteiger partial charge in [-0.05, 0) is 25.0 Å². The first kappa shape index (κ1) is 19.1. The zero-order valence-electron chi connectivity index (χ0n) is 16.1. The van der Waals surface area contributed by atoms with Gasteiger partial charge in [-0.1, -0.05) is 54.1 Å². The lowest BCUT2D eigenvalue weighted by molar-refractivity contribution is -0.118. The van der Waals surface area contributed by atoms with Crippen LogP contribution < -0.4 is 11.3 Å². The van der Waals surface area contributed by atoms with Crippen LogP contribution in [-0.2, 0) is 11.3 Å². The van der Waals surface area contributed by atoms with Crippen molar-refractivity contribution in [2.24, 2.45) is 5.73 Å². The molecule has 2 aromatic carbocycles. The molecule has 0 aliphatic heterocycles. The standard InChI is InChI=1S/C23H21N3O2S/c1-15-7-5-10-17(13-15)21-25-22-20(23(28)26(21)12-6-11-19(24)27)18(14-29-22)16-8-3-2-4-9-16/h2-5,7-10,13-14H,6,11-12H2,1H3,(H2,24,27). The lowest BCUT2D eigenvalue weighted by Gasteiger charge is -2.13. The minimum Gasteiger partial charge on any atom is -0.370 e. The lowest BCUT2D eigenvalue weighted by atomic mass is 10.1. The van der Waals surface area contributed by atoms with Crippen LogP contribution in [0.3, 0.4) is 0 Å². The van der Waals surface area contributed by atoms with Crippen molar-refractivity contribution in [3.05, 3.63) is 75.9 Å². The average molecular weight is 404 g/mol. The van der Waals surface area contributed by atoms with E-state index in [1.807, 2.05) is 66.9 Å². The Morgan fingerprint density at radius 2 is 1.86 bits per heavy atom. The Kier molecular flexibility index (Phi) is 5.27. The maximum Gasteiger partial charge on any atom is 0.263 e. The van der Waals surface area contributed by atoms with Crippen molar-refractivity contribution in [1.82, 2.24) is 9.55 Å². The minimum absolute atomic E-state index is 0.0870. The highest BCUT2D eigenvalue weighted by Crippen LogP contribution is 2.32. The summed E-state index contributed by atoms with van der Waals surface area (Å²) < 4.78 is 1.68. The molecule has 0 aliphatic rings. The largest absolute Gasteiger partial charge is 0.370 e. The van der Waals surface area contributed by atoms with Crippen LogP contribution >= 0.6 is 11.3 Å². The van der Waals surface area contributed by atoms with Gasteiger partial charge in [-0.2, -0.15) is 0 Å². The molecule has 29 heavy (non-hydrogen) atoms. The van der Waals surface area contributed by atoms with E-state index < -0.39 is 0 Å². The summed E-state index contributed by atoms with van der Waals surface area (Å²) in [6, 6.07) is 17.8. The van der Waals surface area contributed by atoms with Gasteiger partial charge in [0, 0.05) is 29.5 Å². The van der Waals surface area contributed by atoms with Gasteiger partial charge < -0.3 is 5.73 Å². The predicted octanol–water partition coefficient (Wildman–Crippen LogP) is 4.37. The van der Waals surface area contributed by atoms with Crippen molar-refractivity contribution in [3.8, 4) is 22.5 Å². The molecule has 146 valence electrons. The Bertz CT molecular complexity index is 1240. The molecule has 2 aromatic heterocycles. The van der Waals surface area contributed by atoms with Crippen LogP contribution in [-0.4, -0.2) is 15.5 Å². The number of thiophene rings is 1. The second-order valence-corrected chi connectivity index (χ2v) is 7.89. The Labute approximate surface area is 172 Å². The third kappa shape index (κ3) is 3.84. The van der Waals surface area contributed by atoms with Crippen molar-refractivity contribution in [1.29, 1.82) is 0 Å². The lowest BCUT2D eigenvalue weighted by Crippen LogP contribution is -2.24. The van der Waals surface area contributed by atoms with E-state index >= 15 is 0 Å². The minimum atomic E-state index is -0.371. The zero-order chi connectivity index (χ0) is 20.4. The number of amides is 1. The van der Waals surface area contributed by atoms with Crippen molar-refractivity contribution in [2.75, 3.05) is 0 Å². The zero-order valence-corrected chi connectivity index (χ0v) is 16.9. The summed E-state index contributed by atoms with van der Waals surface area (Å²) in [5, 5.41) is 2.61. The van der Waals surface area contributed by atoms with E-state index in [1.54, 1.807) is 4.57 Å². The van der Waals surface area contributed by atoms with Gasteiger partial charge in [0.05, 0.1) is 5.39 Å². The maximum absolute atomic E-state index is 13.6. The Morgan fingerprint density at radius 3 is 2.59 bits per heavy atom. The average Bonchev–Trinajstić information content (AvgIpc) is 3.14. The summed E-state index contributed by atoms with van der Waals surface area (Å²) in [7, 11) is 0. The molecular formula is C23H21N3O2S. The second kappa shape index (κ2) is 8.01. The van der Waals surface area contributed by atoms with Gasteiger partial charge in [0.15, 0.2) is 0 Å². The van der Waals surface area contributed by atoms with Crippen LogP contribution in [0.15, 0.2) is 64.8 Å². The van der Waals surface area contributed by atoms with E-state index in [0.29, 0.717) is 24.2 Å². The Hall–Kier alpha value is -3.25. The molecule has 0 saturated carbocycles. The van der Waals surface area contributed by atoms with Crippen LogP contribution in [0.5, 0.6) is 0 Å². The first-order chi connectivity index (χ1) is 14.0. The van der Waals surface area contributed by atoms with E-state index in [9.17, 15) is 9.59 Å².